The van der Waals surface area contributed by atoms with Crippen LogP contribution in [0, 0.1) is 0 Å². The summed E-state index contributed by atoms with van der Waals surface area (Å²) in [6.45, 7) is 0. The van der Waals surface area contributed by atoms with Gasteiger partial charge in [0.1, 0.15) is 5.75 Å². The average Bonchev–Trinajstić information content (AvgIpc) is 2.96. The molecule has 3 N–H and O–H groups in total. The first-order chi connectivity index (χ1) is 10.9. The Bertz CT molecular complexity index is 810. The number of halogens is 3. The largest absolute Gasteiger partial charge is 0.573 e. The maximum Gasteiger partial charge on any atom is 0.573 e. The van der Waals surface area contributed by atoms with E-state index in [4.69, 9.17) is 5.73 Å². The number of anilines is 1. The minimum absolute atomic E-state index is 0.285. The van der Waals surface area contributed by atoms with Crippen molar-refractivity contribution >= 4 is 5.69 Å². The van der Waals surface area contributed by atoms with Crippen LogP contribution in [0.5, 0.6) is 5.75 Å². The topological polar surface area (TPSA) is 63.9 Å². The summed E-state index contributed by atoms with van der Waals surface area (Å²) in [5, 5.41) is 6.98. The lowest BCUT2D eigenvalue weighted by molar-refractivity contribution is -0.274. The Morgan fingerprint density at radius 3 is 2.39 bits per heavy atom. The van der Waals surface area contributed by atoms with Crippen molar-refractivity contribution in [3.8, 4) is 28.3 Å². The third-order valence-corrected chi connectivity index (χ3v) is 3.16. The summed E-state index contributed by atoms with van der Waals surface area (Å²) in [7, 11) is 0. The molecule has 0 radical (unpaired) electrons. The molecule has 7 heteroatoms. The second-order valence-corrected chi connectivity index (χ2v) is 4.86. The number of benzene rings is 2. The number of alkyl halides is 3. The Balaban J connectivity index is 1.88. The van der Waals surface area contributed by atoms with Crippen molar-refractivity contribution in [2.45, 2.75) is 6.36 Å². The Morgan fingerprint density at radius 2 is 1.70 bits per heavy atom. The highest BCUT2D eigenvalue weighted by Crippen LogP contribution is 2.29. The van der Waals surface area contributed by atoms with E-state index in [9.17, 15) is 13.2 Å². The molecule has 4 nitrogen and oxygen atoms in total. The van der Waals surface area contributed by atoms with Gasteiger partial charge in [0.05, 0.1) is 11.4 Å². The summed E-state index contributed by atoms with van der Waals surface area (Å²) in [6.07, 6.45) is -4.72. The third-order valence-electron chi connectivity index (χ3n) is 3.16. The van der Waals surface area contributed by atoms with E-state index in [1.807, 2.05) is 12.1 Å². The van der Waals surface area contributed by atoms with Gasteiger partial charge in [-0.1, -0.05) is 24.3 Å². The summed E-state index contributed by atoms with van der Waals surface area (Å²) in [4.78, 5) is 0. The van der Waals surface area contributed by atoms with E-state index in [1.165, 1.54) is 18.2 Å². The zero-order valence-corrected chi connectivity index (χ0v) is 11.8. The van der Waals surface area contributed by atoms with Gasteiger partial charge in [-0.2, -0.15) is 5.10 Å². The molecular formula is C16H12F3N3O. The van der Waals surface area contributed by atoms with Gasteiger partial charge in [0, 0.05) is 11.3 Å². The molecule has 0 saturated heterocycles. The molecule has 0 aliphatic rings. The lowest BCUT2D eigenvalue weighted by Crippen LogP contribution is -2.17. The minimum atomic E-state index is -4.72. The van der Waals surface area contributed by atoms with Crippen molar-refractivity contribution in [1.82, 2.24) is 10.2 Å². The second kappa shape index (κ2) is 5.68. The predicted molar refractivity (Wildman–Crippen MR) is 80.6 cm³/mol. The van der Waals surface area contributed by atoms with Crippen LogP contribution in [-0.4, -0.2) is 16.6 Å². The lowest BCUT2D eigenvalue weighted by Gasteiger charge is -2.09. The van der Waals surface area contributed by atoms with Crippen molar-refractivity contribution in [1.29, 1.82) is 0 Å². The average molecular weight is 319 g/mol. The van der Waals surface area contributed by atoms with Gasteiger partial charge in [0.2, 0.25) is 0 Å². The summed E-state index contributed by atoms with van der Waals surface area (Å²) in [5.41, 5.74) is 8.93. The Hall–Kier alpha value is -2.96. The minimum Gasteiger partial charge on any atom is -0.406 e. The number of aromatic nitrogens is 2. The molecule has 1 heterocycles. The molecule has 3 aromatic rings. The van der Waals surface area contributed by atoms with Crippen LogP contribution in [0.4, 0.5) is 18.9 Å². The molecule has 118 valence electrons. The number of hydrogen-bond acceptors (Lipinski definition) is 3. The first-order valence-corrected chi connectivity index (χ1v) is 6.68. The van der Waals surface area contributed by atoms with Gasteiger partial charge in [-0.05, 0) is 35.9 Å². The Labute approximate surface area is 129 Å². The fourth-order valence-corrected chi connectivity index (χ4v) is 2.13. The molecule has 23 heavy (non-hydrogen) atoms. The summed E-state index contributed by atoms with van der Waals surface area (Å²) < 4.78 is 40.8. The van der Waals surface area contributed by atoms with Gasteiger partial charge >= 0.3 is 6.36 Å². The molecule has 0 aliphatic heterocycles. The van der Waals surface area contributed by atoms with Crippen LogP contribution in [0.3, 0.4) is 0 Å². The molecular weight excluding hydrogens is 307 g/mol. The van der Waals surface area contributed by atoms with E-state index in [-0.39, 0.29) is 5.75 Å². The van der Waals surface area contributed by atoms with Crippen LogP contribution in [0.2, 0.25) is 0 Å². The van der Waals surface area contributed by atoms with Crippen LogP contribution in [0.25, 0.3) is 22.5 Å². The van der Waals surface area contributed by atoms with Gasteiger partial charge in [-0.15, -0.1) is 13.2 Å². The van der Waals surface area contributed by atoms with E-state index in [0.717, 1.165) is 11.3 Å². The standard InChI is InChI=1S/C16H12F3N3O/c17-16(18,19)23-13-3-1-2-11(8-13)15-9-14(21-22-15)10-4-6-12(20)7-5-10/h1-9H,20H2,(H,21,22). The number of ether oxygens (including phenoxy) is 1. The highest BCUT2D eigenvalue weighted by molar-refractivity contribution is 5.69. The highest BCUT2D eigenvalue weighted by atomic mass is 19.4. The van der Waals surface area contributed by atoms with E-state index < -0.39 is 6.36 Å². The molecule has 0 amide bonds. The fraction of sp³-hybridized carbons (Fsp3) is 0.0625. The van der Waals surface area contributed by atoms with E-state index in [0.29, 0.717) is 16.9 Å². The van der Waals surface area contributed by atoms with Crippen molar-refractivity contribution in [3.63, 3.8) is 0 Å². The van der Waals surface area contributed by atoms with E-state index in [1.54, 1.807) is 24.3 Å². The zero-order valence-electron chi connectivity index (χ0n) is 11.8. The number of nitrogen functional groups attached to an aromatic ring is 1. The van der Waals surface area contributed by atoms with Gasteiger partial charge in [0.15, 0.2) is 0 Å². The summed E-state index contributed by atoms with van der Waals surface area (Å²) >= 11 is 0. The van der Waals surface area contributed by atoms with E-state index >= 15 is 0 Å². The van der Waals surface area contributed by atoms with Crippen LogP contribution >= 0.6 is 0 Å². The number of aromatic amines is 1. The number of H-pyrrole nitrogens is 1. The van der Waals surface area contributed by atoms with Crippen molar-refractivity contribution in [2.75, 3.05) is 5.73 Å². The predicted octanol–water partition coefficient (Wildman–Crippen LogP) is 4.22. The molecule has 0 bridgehead atoms. The van der Waals surface area contributed by atoms with Gasteiger partial charge in [-0.3, -0.25) is 5.10 Å². The quantitative estimate of drug-likeness (QED) is 0.710. The lowest BCUT2D eigenvalue weighted by atomic mass is 10.1. The molecule has 0 fully saturated rings. The number of hydrogen-bond donors (Lipinski definition) is 2. The van der Waals surface area contributed by atoms with Crippen molar-refractivity contribution in [3.05, 3.63) is 54.6 Å². The molecule has 1 aromatic heterocycles. The molecule has 0 atom stereocenters. The number of rotatable bonds is 3. The molecule has 0 spiro atoms. The molecule has 3 rings (SSSR count). The van der Waals surface area contributed by atoms with Crippen LogP contribution < -0.4 is 10.5 Å². The molecule has 0 aliphatic carbocycles. The van der Waals surface area contributed by atoms with Crippen molar-refractivity contribution < 1.29 is 17.9 Å². The van der Waals surface area contributed by atoms with E-state index in [2.05, 4.69) is 14.9 Å². The highest BCUT2D eigenvalue weighted by Gasteiger charge is 2.31. The van der Waals surface area contributed by atoms with Crippen LogP contribution in [0.15, 0.2) is 54.6 Å². The SMILES string of the molecule is Nc1ccc(-c2cc(-c3cccc(OC(F)(F)F)c3)n[nH]2)cc1. The second-order valence-electron chi connectivity index (χ2n) is 4.86. The summed E-state index contributed by atoms with van der Waals surface area (Å²) in [5.74, 6) is -0.285. The van der Waals surface area contributed by atoms with Crippen LogP contribution in [0.1, 0.15) is 0 Å². The summed E-state index contributed by atoms with van der Waals surface area (Å²) in [6, 6.07) is 14.6. The monoisotopic (exact) mass is 319 g/mol. The van der Waals surface area contributed by atoms with Crippen LogP contribution in [-0.2, 0) is 0 Å². The fourth-order valence-electron chi connectivity index (χ4n) is 2.13. The van der Waals surface area contributed by atoms with Gasteiger partial charge in [0.25, 0.3) is 0 Å². The maximum atomic E-state index is 12.3. The number of nitrogens with zero attached hydrogens (tertiary/aromatic N) is 1. The Kier molecular flexibility index (Phi) is 3.69. The maximum absolute atomic E-state index is 12.3. The number of nitrogens with two attached hydrogens (primary N) is 1. The molecule has 0 saturated carbocycles. The van der Waals surface area contributed by atoms with Crippen molar-refractivity contribution in [2.24, 2.45) is 0 Å². The first kappa shape index (κ1) is 15.0. The smallest absolute Gasteiger partial charge is 0.406 e. The first-order valence-electron chi connectivity index (χ1n) is 6.68. The molecule has 2 aromatic carbocycles. The molecule has 0 unspecified atom stereocenters. The van der Waals surface area contributed by atoms with Gasteiger partial charge in [-0.25, -0.2) is 0 Å². The zero-order chi connectivity index (χ0) is 16.4. The Morgan fingerprint density at radius 1 is 0.957 bits per heavy atom. The third kappa shape index (κ3) is 3.63. The van der Waals surface area contributed by atoms with Gasteiger partial charge < -0.3 is 10.5 Å². The number of nitrogens with one attached hydrogen (secondary N) is 1. The normalized spacial score (nSPS) is 11.4.